The lowest BCUT2D eigenvalue weighted by Gasteiger charge is -1.94. The van der Waals surface area contributed by atoms with Gasteiger partial charge in [0.2, 0.25) is 5.01 Å². The van der Waals surface area contributed by atoms with Crippen molar-refractivity contribution in [2.45, 2.75) is 19.8 Å². The van der Waals surface area contributed by atoms with Crippen LogP contribution in [0.25, 0.3) is 0 Å². The molecule has 0 atom stereocenters. The zero-order chi connectivity index (χ0) is 10.4. The molecular weight excluding hydrogens is 200 g/mol. The number of nitrogens with zero attached hydrogens (tertiary/aromatic N) is 2. The van der Waals surface area contributed by atoms with E-state index in [-0.39, 0.29) is 0 Å². The SMILES string of the molecule is C=CCCc1nnc(C(=O)OCC)s1. The van der Waals surface area contributed by atoms with E-state index in [2.05, 4.69) is 16.8 Å². The first-order chi connectivity index (χ1) is 6.77. The lowest BCUT2D eigenvalue weighted by molar-refractivity contribution is 0.0525. The van der Waals surface area contributed by atoms with Gasteiger partial charge in [-0.3, -0.25) is 0 Å². The van der Waals surface area contributed by atoms with Gasteiger partial charge in [0.15, 0.2) is 0 Å². The minimum Gasteiger partial charge on any atom is -0.461 e. The molecule has 0 aliphatic carbocycles. The number of carbonyl (C=O) groups excluding carboxylic acids is 1. The molecule has 0 N–H and O–H groups in total. The van der Waals surface area contributed by atoms with Gasteiger partial charge >= 0.3 is 5.97 Å². The Hall–Kier alpha value is -1.23. The highest BCUT2D eigenvalue weighted by atomic mass is 32.1. The van der Waals surface area contributed by atoms with Gasteiger partial charge in [-0.25, -0.2) is 4.79 Å². The van der Waals surface area contributed by atoms with Crippen LogP contribution in [0.3, 0.4) is 0 Å². The number of hydrogen-bond acceptors (Lipinski definition) is 5. The summed E-state index contributed by atoms with van der Waals surface area (Å²) in [6, 6.07) is 0. The zero-order valence-electron chi connectivity index (χ0n) is 8.02. The van der Waals surface area contributed by atoms with Crippen LogP contribution in [0.2, 0.25) is 0 Å². The predicted octanol–water partition coefficient (Wildman–Crippen LogP) is 1.83. The van der Waals surface area contributed by atoms with Crippen LogP contribution in [-0.2, 0) is 11.2 Å². The first-order valence-electron chi connectivity index (χ1n) is 4.38. The fourth-order valence-electron chi connectivity index (χ4n) is 0.855. The Labute approximate surface area is 86.6 Å². The second kappa shape index (κ2) is 5.49. The van der Waals surface area contributed by atoms with Crippen molar-refractivity contribution < 1.29 is 9.53 Å². The van der Waals surface area contributed by atoms with Crippen molar-refractivity contribution in [2.75, 3.05) is 6.61 Å². The van der Waals surface area contributed by atoms with Crippen molar-refractivity contribution >= 4 is 17.3 Å². The van der Waals surface area contributed by atoms with Crippen molar-refractivity contribution in [1.29, 1.82) is 0 Å². The molecule has 1 heterocycles. The molecule has 0 fully saturated rings. The van der Waals surface area contributed by atoms with E-state index in [9.17, 15) is 4.79 Å². The van der Waals surface area contributed by atoms with Gasteiger partial charge in [-0.2, -0.15) is 0 Å². The van der Waals surface area contributed by atoms with Gasteiger partial charge in [-0.1, -0.05) is 17.4 Å². The third kappa shape index (κ3) is 2.92. The van der Waals surface area contributed by atoms with Crippen LogP contribution in [0.15, 0.2) is 12.7 Å². The van der Waals surface area contributed by atoms with Crippen LogP contribution >= 0.6 is 11.3 Å². The summed E-state index contributed by atoms with van der Waals surface area (Å²) < 4.78 is 4.79. The monoisotopic (exact) mass is 212 g/mol. The van der Waals surface area contributed by atoms with Gasteiger partial charge in [0.1, 0.15) is 5.01 Å². The molecule has 0 saturated heterocycles. The molecule has 0 aliphatic heterocycles. The van der Waals surface area contributed by atoms with E-state index >= 15 is 0 Å². The standard InChI is InChI=1S/C9H12N2O2S/c1-3-5-6-7-10-11-8(14-7)9(12)13-4-2/h3H,1,4-6H2,2H3. The highest BCUT2D eigenvalue weighted by Gasteiger charge is 2.12. The van der Waals surface area contributed by atoms with E-state index in [1.807, 2.05) is 6.08 Å². The van der Waals surface area contributed by atoms with Crippen LogP contribution in [0, 0.1) is 0 Å². The molecule has 0 spiro atoms. The zero-order valence-corrected chi connectivity index (χ0v) is 8.84. The fraction of sp³-hybridized carbons (Fsp3) is 0.444. The molecule has 0 saturated carbocycles. The summed E-state index contributed by atoms with van der Waals surface area (Å²) >= 11 is 1.28. The van der Waals surface area contributed by atoms with E-state index in [0.29, 0.717) is 11.6 Å². The maximum absolute atomic E-state index is 11.2. The van der Waals surface area contributed by atoms with E-state index < -0.39 is 5.97 Å². The molecular formula is C9H12N2O2S. The number of rotatable bonds is 5. The van der Waals surface area contributed by atoms with Crippen molar-refractivity contribution in [1.82, 2.24) is 10.2 Å². The number of esters is 1. The molecule has 0 aliphatic rings. The summed E-state index contributed by atoms with van der Waals surface area (Å²) in [4.78, 5) is 11.2. The first kappa shape index (κ1) is 10.8. The molecule has 0 bridgehead atoms. The summed E-state index contributed by atoms with van der Waals surface area (Å²) in [5, 5.41) is 8.79. The molecule has 76 valence electrons. The van der Waals surface area contributed by atoms with Crippen molar-refractivity contribution in [3.05, 3.63) is 22.7 Å². The van der Waals surface area contributed by atoms with E-state index in [1.165, 1.54) is 11.3 Å². The van der Waals surface area contributed by atoms with Gasteiger partial charge < -0.3 is 4.74 Å². The van der Waals surface area contributed by atoms with Crippen LogP contribution in [0.4, 0.5) is 0 Å². The molecule has 4 nitrogen and oxygen atoms in total. The van der Waals surface area contributed by atoms with Crippen LogP contribution in [0.1, 0.15) is 28.2 Å². The largest absolute Gasteiger partial charge is 0.461 e. The van der Waals surface area contributed by atoms with Gasteiger partial charge in [-0.15, -0.1) is 16.8 Å². The number of aryl methyl sites for hydroxylation is 1. The molecule has 5 heteroatoms. The number of aromatic nitrogens is 2. The maximum atomic E-state index is 11.2. The molecule has 14 heavy (non-hydrogen) atoms. The minimum absolute atomic E-state index is 0.325. The Morgan fingerprint density at radius 1 is 1.64 bits per heavy atom. The van der Waals surface area contributed by atoms with E-state index in [0.717, 1.165) is 17.8 Å². The van der Waals surface area contributed by atoms with Crippen LogP contribution in [0.5, 0.6) is 0 Å². The molecule has 1 rings (SSSR count). The fourth-order valence-corrected chi connectivity index (χ4v) is 1.60. The number of hydrogen-bond donors (Lipinski definition) is 0. The van der Waals surface area contributed by atoms with Crippen molar-refractivity contribution in [2.24, 2.45) is 0 Å². The summed E-state index contributed by atoms with van der Waals surface area (Å²) in [5.41, 5.74) is 0. The Kier molecular flexibility index (Phi) is 4.25. The van der Waals surface area contributed by atoms with Gasteiger partial charge in [0, 0.05) is 6.42 Å². The lowest BCUT2D eigenvalue weighted by atomic mass is 10.3. The average molecular weight is 212 g/mol. The van der Waals surface area contributed by atoms with Crippen molar-refractivity contribution in [3.8, 4) is 0 Å². The summed E-state index contributed by atoms with van der Waals surface area (Å²) in [7, 11) is 0. The number of carbonyl (C=O) groups is 1. The van der Waals surface area contributed by atoms with E-state index in [1.54, 1.807) is 6.92 Å². The molecule has 0 amide bonds. The topological polar surface area (TPSA) is 52.1 Å². The van der Waals surface area contributed by atoms with Crippen LogP contribution in [-0.4, -0.2) is 22.8 Å². The molecule has 0 radical (unpaired) electrons. The Morgan fingerprint density at radius 2 is 2.43 bits per heavy atom. The summed E-state index contributed by atoms with van der Waals surface area (Å²) in [5.74, 6) is -0.394. The Bertz CT molecular complexity index is 322. The summed E-state index contributed by atoms with van der Waals surface area (Å²) in [6.07, 6.45) is 3.43. The quantitative estimate of drug-likeness (QED) is 0.552. The Morgan fingerprint density at radius 3 is 3.07 bits per heavy atom. The van der Waals surface area contributed by atoms with Gasteiger partial charge in [-0.05, 0) is 13.3 Å². The molecule has 0 aromatic carbocycles. The minimum atomic E-state index is -0.394. The third-order valence-electron chi connectivity index (χ3n) is 1.48. The average Bonchev–Trinajstić information content (AvgIpc) is 2.63. The number of ether oxygens (including phenoxy) is 1. The van der Waals surface area contributed by atoms with Gasteiger partial charge in [0.05, 0.1) is 6.61 Å². The molecule has 1 aromatic rings. The molecule has 1 aromatic heterocycles. The van der Waals surface area contributed by atoms with E-state index in [4.69, 9.17) is 4.74 Å². The highest BCUT2D eigenvalue weighted by molar-refractivity contribution is 7.13. The first-order valence-corrected chi connectivity index (χ1v) is 5.20. The second-order valence-electron chi connectivity index (χ2n) is 2.55. The molecule has 0 unspecified atom stereocenters. The lowest BCUT2D eigenvalue weighted by Crippen LogP contribution is -2.03. The number of allylic oxidation sites excluding steroid dienone is 1. The Balaban J connectivity index is 2.58. The van der Waals surface area contributed by atoms with Crippen LogP contribution < -0.4 is 0 Å². The van der Waals surface area contributed by atoms with Gasteiger partial charge in [0.25, 0.3) is 0 Å². The normalized spacial score (nSPS) is 9.79. The van der Waals surface area contributed by atoms with Crippen molar-refractivity contribution in [3.63, 3.8) is 0 Å². The maximum Gasteiger partial charge on any atom is 0.369 e. The predicted molar refractivity (Wildman–Crippen MR) is 54.4 cm³/mol. The highest BCUT2D eigenvalue weighted by Crippen LogP contribution is 2.12. The second-order valence-corrected chi connectivity index (χ2v) is 3.61. The summed E-state index contributed by atoms with van der Waals surface area (Å²) in [6.45, 7) is 5.73. The smallest absolute Gasteiger partial charge is 0.369 e. The third-order valence-corrected chi connectivity index (χ3v) is 2.44.